The average molecular weight is 224 g/mol. The van der Waals surface area contributed by atoms with Crippen molar-refractivity contribution < 1.29 is 4.39 Å². The lowest BCUT2D eigenvalue weighted by molar-refractivity contribution is 0.627. The van der Waals surface area contributed by atoms with Crippen LogP contribution in [0.25, 0.3) is 0 Å². The molecule has 2 aromatic rings. The molecule has 0 radical (unpaired) electrons. The van der Waals surface area contributed by atoms with Crippen molar-refractivity contribution in [2.24, 2.45) is 0 Å². The van der Waals surface area contributed by atoms with Crippen molar-refractivity contribution in [3.63, 3.8) is 0 Å². The minimum atomic E-state index is -0.231. The van der Waals surface area contributed by atoms with Crippen LogP contribution in [0.5, 0.6) is 0 Å². The molecule has 0 fully saturated rings. The lowest BCUT2D eigenvalue weighted by Crippen LogP contribution is -2.07. The Morgan fingerprint density at radius 3 is 2.67 bits per heavy atom. The predicted molar refractivity (Wildman–Crippen MR) is 56.1 cm³/mol. The van der Waals surface area contributed by atoms with Crippen LogP contribution < -0.4 is 5.84 Å². The zero-order valence-corrected chi connectivity index (χ0v) is 8.62. The molecule has 0 aliphatic rings. The SMILES string of the molecule is Nn1cnnc1SCc1ccc(F)cc1. The Morgan fingerprint density at radius 2 is 2.07 bits per heavy atom. The fraction of sp³-hybridized carbons (Fsp3) is 0.111. The van der Waals surface area contributed by atoms with Crippen LogP contribution in [0.1, 0.15) is 5.56 Å². The van der Waals surface area contributed by atoms with Gasteiger partial charge < -0.3 is 5.84 Å². The van der Waals surface area contributed by atoms with E-state index in [2.05, 4.69) is 10.2 Å². The molecule has 1 aromatic heterocycles. The second-order valence-corrected chi connectivity index (χ2v) is 3.88. The standard InChI is InChI=1S/C9H9FN4S/c10-8-3-1-7(2-4-8)5-15-9-13-12-6-14(9)11/h1-4,6H,5,11H2. The van der Waals surface area contributed by atoms with Gasteiger partial charge in [0.1, 0.15) is 12.1 Å². The minimum absolute atomic E-state index is 0.231. The van der Waals surface area contributed by atoms with Crippen LogP contribution in [0.4, 0.5) is 4.39 Å². The highest BCUT2D eigenvalue weighted by Gasteiger charge is 2.02. The highest BCUT2D eigenvalue weighted by Crippen LogP contribution is 2.19. The summed E-state index contributed by atoms with van der Waals surface area (Å²) in [7, 11) is 0. The second kappa shape index (κ2) is 4.31. The number of hydrogen-bond donors (Lipinski definition) is 1. The van der Waals surface area contributed by atoms with Gasteiger partial charge in [-0.25, -0.2) is 9.07 Å². The van der Waals surface area contributed by atoms with Crippen molar-refractivity contribution in [3.8, 4) is 0 Å². The number of aromatic nitrogens is 3. The number of benzene rings is 1. The van der Waals surface area contributed by atoms with E-state index in [-0.39, 0.29) is 5.82 Å². The first kappa shape index (κ1) is 9.97. The van der Waals surface area contributed by atoms with E-state index >= 15 is 0 Å². The molecule has 0 saturated carbocycles. The van der Waals surface area contributed by atoms with Crippen LogP contribution in [-0.4, -0.2) is 14.9 Å². The minimum Gasteiger partial charge on any atom is -0.336 e. The van der Waals surface area contributed by atoms with Gasteiger partial charge in [0, 0.05) is 5.75 Å². The summed E-state index contributed by atoms with van der Waals surface area (Å²) in [6.07, 6.45) is 1.44. The maximum atomic E-state index is 12.6. The first-order valence-corrected chi connectivity index (χ1v) is 5.26. The van der Waals surface area contributed by atoms with Crippen LogP contribution in [0.15, 0.2) is 35.7 Å². The smallest absolute Gasteiger partial charge is 0.209 e. The number of hydrogen-bond acceptors (Lipinski definition) is 4. The van der Waals surface area contributed by atoms with Gasteiger partial charge in [-0.05, 0) is 17.7 Å². The lowest BCUT2D eigenvalue weighted by atomic mass is 10.2. The Bertz CT molecular complexity index is 440. The molecule has 2 rings (SSSR count). The van der Waals surface area contributed by atoms with E-state index < -0.39 is 0 Å². The number of nitrogen functional groups attached to an aromatic ring is 1. The Balaban J connectivity index is 1.99. The van der Waals surface area contributed by atoms with Crippen molar-refractivity contribution in [1.82, 2.24) is 14.9 Å². The number of nitrogens with zero attached hydrogens (tertiary/aromatic N) is 3. The van der Waals surface area contributed by atoms with Gasteiger partial charge in [-0.15, -0.1) is 10.2 Å². The summed E-state index contributed by atoms with van der Waals surface area (Å²) in [6.45, 7) is 0. The summed E-state index contributed by atoms with van der Waals surface area (Å²) in [5.74, 6) is 6.00. The molecule has 0 bridgehead atoms. The maximum absolute atomic E-state index is 12.6. The summed E-state index contributed by atoms with van der Waals surface area (Å²) in [6, 6.07) is 6.34. The highest BCUT2D eigenvalue weighted by molar-refractivity contribution is 7.98. The number of nitrogens with two attached hydrogens (primary N) is 1. The van der Waals surface area contributed by atoms with E-state index in [0.717, 1.165) is 5.56 Å². The van der Waals surface area contributed by atoms with E-state index in [0.29, 0.717) is 10.9 Å². The molecule has 2 N–H and O–H groups in total. The summed E-state index contributed by atoms with van der Waals surface area (Å²) >= 11 is 1.45. The van der Waals surface area contributed by atoms with Gasteiger partial charge in [0.2, 0.25) is 5.16 Å². The largest absolute Gasteiger partial charge is 0.336 e. The van der Waals surface area contributed by atoms with Gasteiger partial charge in [0.05, 0.1) is 0 Å². The molecule has 78 valence electrons. The third-order valence-corrected chi connectivity index (χ3v) is 2.85. The van der Waals surface area contributed by atoms with Crippen LogP contribution in [0, 0.1) is 5.82 Å². The second-order valence-electron chi connectivity index (χ2n) is 2.94. The molecule has 0 atom stereocenters. The van der Waals surface area contributed by atoms with Crippen molar-refractivity contribution >= 4 is 11.8 Å². The van der Waals surface area contributed by atoms with Gasteiger partial charge in [-0.1, -0.05) is 23.9 Å². The van der Waals surface area contributed by atoms with E-state index in [1.54, 1.807) is 12.1 Å². The fourth-order valence-corrected chi connectivity index (χ4v) is 1.85. The third-order valence-electron chi connectivity index (χ3n) is 1.82. The summed E-state index contributed by atoms with van der Waals surface area (Å²) in [5.41, 5.74) is 1.02. The van der Waals surface area contributed by atoms with Crippen LogP contribution >= 0.6 is 11.8 Å². The van der Waals surface area contributed by atoms with Crippen molar-refractivity contribution in [3.05, 3.63) is 42.0 Å². The normalized spacial score (nSPS) is 10.5. The monoisotopic (exact) mass is 224 g/mol. The molecule has 4 nitrogen and oxygen atoms in total. The van der Waals surface area contributed by atoms with E-state index in [4.69, 9.17) is 5.84 Å². The molecule has 1 aromatic carbocycles. The zero-order valence-electron chi connectivity index (χ0n) is 7.80. The molecule has 1 heterocycles. The molecule has 0 amide bonds. The Kier molecular flexibility index (Phi) is 2.86. The first-order chi connectivity index (χ1) is 7.25. The fourth-order valence-electron chi connectivity index (χ4n) is 1.06. The van der Waals surface area contributed by atoms with E-state index in [1.807, 2.05) is 0 Å². The number of halogens is 1. The third kappa shape index (κ3) is 2.47. The zero-order chi connectivity index (χ0) is 10.7. The predicted octanol–water partition coefficient (Wildman–Crippen LogP) is 1.42. The molecule has 0 aliphatic carbocycles. The van der Waals surface area contributed by atoms with Gasteiger partial charge in [-0.2, -0.15) is 0 Å². The average Bonchev–Trinajstić information content (AvgIpc) is 2.63. The molecule has 0 unspecified atom stereocenters. The quantitative estimate of drug-likeness (QED) is 0.633. The number of thioether (sulfide) groups is 1. The topological polar surface area (TPSA) is 56.7 Å². The summed E-state index contributed by atoms with van der Waals surface area (Å²) in [5, 5.41) is 8.12. The molecule has 0 aliphatic heterocycles. The molecular weight excluding hydrogens is 215 g/mol. The van der Waals surface area contributed by atoms with Gasteiger partial charge in [0.15, 0.2) is 0 Å². The Morgan fingerprint density at radius 1 is 1.33 bits per heavy atom. The maximum Gasteiger partial charge on any atom is 0.209 e. The van der Waals surface area contributed by atoms with Crippen LogP contribution in [0.3, 0.4) is 0 Å². The van der Waals surface area contributed by atoms with Crippen molar-refractivity contribution in [2.45, 2.75) is 10.9 Å². The Labute approximate surface area is 90.3 Å². The van der Waals surface area contributed by atoms with Crippen LogP contribution in [0.2, 0.25) is 0 Å². The van der Waals surface area contributed by atoms with Crippen molar-refractivity contribution in [2.75, 3.05) is 5.84 Å². The highest BCUT2D eigenvalue weighted by atomic mass is 32.2. The molecule has 0 spiro atoms. The van der Waals surface area contributed by atoms with E-state index in [1.165, 1.54) is 34.9 Å². The summed E-state index contributed by atoms with van der Waals surface area (Å²) in [4.78, 5) is 0. The molecule has 15 heavy (non-hydrogen) atoms. The van der Waals surface area contributed by atoms with Crippen molar-refractivity contribution in [1.29, 1.82) is 0 Å². The lowest BCUT2D eigenvalue weighted by Gasteiger charge is -2.00. The molecule has 0 saturated heterocycles. The van der Waals surface area contributed by atoms with Gasteiger partial charge >= 0.3 is 0 Å². The summed E-state index contributed by atoms with van der Waals surface area (Å²) < 4.78 is 14.0. The van der Waals surface area contributed by atoms with Gasteiger partial charge in [-0.3, -0.25) is 0 Å². The number of rotatable bonds is 3. The first-order valence-electron chi connectivity index (χ1n) is 4.28. The Hall–Kier alpha value is -1.56. The molecule has 6 heteroatoms. The van der Waals surface area contributed by atoms with Crippen LogP contribution in [-0.2, 0) is 5.75 Å². The molecular formula is C9H9FN4S. The van der Waals surface area contributed by atoms with Gasteiger partial charge in [0.25, 0.3) is 0 Å². The van der Waals surface area contributed by atoms with E-state index in [9.17, 15) is 4.39 Å².